The molecule has 0 saturated carbocycles. The van der Waals surface area contributed by atoms with Crippen molar-refractivity contribution in [2.45, 2.75) is 19.8 Å². The number of ether oxygens (including phenoxy) is 8. The molecule has 2 amide bonds. The van der Waals surface area contributed by atoms with Crippen molar-refractivity contribution < 1.29 is 47.5 Å². The number of carbonyl (C=O) groups is 2. The molecule has 0 aliphatic carbocycles. The molecule has 1 aliphatic rings. The van der Waals surface area contributed by atoms with Crippen molar-refractivity contribution in [3.8, 4) is 16.9 Å². The largest absolute Gasteiger partial charge is 0.379 e. The Morgan fingerprint density at radius 2 is 1.26 bits per heavy atom. The van der Waals surface area contributed by atoms with Gasteiger partial charge < -0.3 is 48.1 Å². The van der Waals surface area contributed by atoms with Gasteiger partial charge in [0.05, 0.1) is 128 Å². The molecule has 1 unspecified atom stereocenters. The molecule has 2 aromatic carbocycles. The molecular weight excluding hydrogens is 857 g/mol. The number of nitrogens with zero attached hydrogens (tertiary/aromatic N) is 6. The standard InChI is InChI=1S/C41H56Cl3N7O10/c1-31-38(48-51(37-9-8-35(43)29-36(37)44)39(31)32-4-6-34(42)7-5-32)41(53)50-12-2-3-33(30-50)40(52)46-10-13-54-15-17-56-19-21-58-23-25-60-27-28-61-26-24-59-22-20-57-18-16-55-14-11-47-49-45/h4-9,29,33H,2-3,10-28,30H2,1H3,(H,46,52). The number of benzene rings is 2. The summed E-state index contributed by atoms with van der Waals surface area (Å²) in [7, 11) is 0. The fourth-order valence-corrected chi connectivity index (χ4v) is 6.80. The van der Waals surface area contributed by atoms with Crippen molar-refractivity contribution >= 4 is 46.6 Å². The number of carbonyl (C=O) groups excluding carboxylic acids is 2. The van der Waals surface area contributed by atoms with E-state index in [1.165, 1.54) is 0 Å². The molecule has 20 heteroatoms. The van der Waals surface area contributed by atoms with Gasteiger partial charge in [-0.05, 0) is 55.6 Å². The smallest absolute Gasteiger partial charge is 0.274 e. The third-order valence-corrected chi connectivity index (χ3v) is 10.00. The minimum absolute atomic E-state index is 0.119. The first kappa shape index (κ1) is 50.1. The van der Waals surface area contributed by atoms with Crippen LogP contribution in [0.1, 0.15) is 28.9 Å². The van der Waals surface area contributed by atoms with Gasteiger partial charge in [-0.1, -0.05) is 52.0 Å². The molecule has 1 fully saturated rings. The number of hydrogen-bond acceptors (Lipinski definition) is 12. The number of likely N-dealkylation sites (tertiary alicyclic amines) is 1. The lowest BCUT2D eigenvalue weighted by Gasteiger charge is -2.31. The Labute approximate surface area is 371 Å². The fraction of sp³-hybridized carbons (Fsp3) is 0.585. The SMILES string of the molecule is Cc1c(C(=O)N2CCCC(C(=O)NCCOCCOCCOCCOCCOCCOCCOCCOCCN=[N+]=[N-])C2)nn(-c2ccc(Cl)cc2Cl)c1-c1ccc(Cl)cc1. The number of aromatic nitrogens is 2. The van der Waals surface area contributed by atoms with E-state index in [0.29, 0.717) is 170 Å². The second kappa shape index (κ2) is 29.7. The van der Waals surface area contributed by atoms with Crippen LogP contribution in [0.2, 0.25) is 15.1 Å². The summed E-state index contributed by atoms with van der Waals surface area (Å²) >= 11 is 19.0. The molecule has 2 heterocycles. The molecule has 0 spiro atoms. The van der Waals surface area contributed by atoms with Crippen molar-refractivity contribution in [2.75, 3.05) is 132 Å². The molecule has 1 saturated heterocycles. The first-order valence-electron chi connectivity index (χ1n) is 20.3. The molecule has 1 aliphatic heterocycles. The van der Waals surface area contributed by atoms with Crippen LogP contribution in [0.15, 0.2) is 47.6 Å². The van der Waals surface area contributed by atoms with Crippen LogP contribution >= 0.6 is 34.8 Å². The summed E-state index contributed by atoms with van der Waals surface area (Å²) in [5, 5.41) is 12.5. The van der Waals surface area contributed by atoms with Crippen molar-refractivity contribution in [1.29, 1.82) is 0 Å². The lowest BCUT2D eigenvalue weighted by atomic mass is 9.96. The van der Waals surface area contributed by atoms with Gasteiger partial charge in [-0.2, -0.15) is 5.10 Å². The molecule has 4 rings (SSSR count). The van der Waals surface area contributed by atoms with Crippen LogP contribution in [0.3, 0.4) is 0 Å². The van der Waals surface area contributed by atoms with Crippen molar-refractivity contribution in [1.82, 2.24) is 20.0 Å². The average molecular weight is 913 g/mol. The topological polar surface area (TPSA) is 190 Å². The maximum absolute atomic E-state index is 14.0. The van der Waals surface area contributed by atoms with Gasteiger partial charge in [-0.25, -0.2) is 4.68 Å². The second-order valence-corrected chi connectivity index (χ2v) is 14.9. The highest BCUT2D eigenvalue weighted by Gasteiger charge is 2.32. The normalized spacial score (nSPS) is 14.0. The van der Waals surface area contributed by atoms with Crippen LogP contribution in [0.4, 0.5) is 0 Å². The fourth-order valence-electron chi connectivity index (χ4n) is 6.18. The van der Waals surface area contributed by atoms with Gasteiger partial charge in [0.1, 0.15) is 0 Å². The summed E-state index contributed by atoms with van der Waals surface area (Å²) in [5.74, 6) is -0.726. The molecule has 1 atom stereocenters. The van der Waals surface area contributed by atoms with Crippen LogP contribution < -0.4 is 5.32 Å². The summed E-state index contributed by atoms with van der Waals surface area (Å²) in [4.78, 5) is 31.4. The quantitative estimate of drug-likeness (QED) is 0.0334. The number of hydrogen-bond donors (Lipinski definition) is 1. The third-order valence-electron chi connectivity index (χ3n) is 9.21. The minimum atomic E-state index is -0.354. The summed E-state index contributed by atoms with van der Waals surface area (Å²) < 4.78 is 45.4. The third kappa shape index (κ3) is 18.4. The lowest BCUT2D eigenvalue weighted by Crippen LogP contribution is -2.46. The first-order valence-corrected chi connectivity index (χ1v) is 21.4. The molecule has 61 heavy (non-hydrogen) atoms. The Kier molecular flexibility index (Phi) is 24.4. The van der Waals surface area contributed by atoms with E-state index >= 15 is 0 Å². The van der Waals surface area contributed by atoms with Gasteiger partial charge in [0, 0.05) is 52.3 Å². The Hall–Kier alpha value is -3.55. The van der Waals surface area contributed by atoms with Crippen LogP contribution in [-0.2, 0) is 42.7 Å². The zero-order valence-corrected chi connectivity index (χ0v) is 36.8. The van der Waals surface area contributed by atoms with Gasteiger partial charge in [-0.3, -0.25) is 9.59 Å². The summed E-state index contributed by atoms with van der Waals surface area (Å²) in [5.41, 5.74) is 11.2. The van der Waals surface area contributed by atoms with E-state index in [1.807, 2.05) is 19.1 Å². The highest BCUT2D eigenvalue weighted by Crippen LogP contribution is 2.34. The average Bonchev–Trinajstić information content (AvgIpc) is 3.60. The Morgan fingerprint density at radius 3 is 1.79 bits per heavy atom. The maximum atomic E-state index is 14.0. The van der Waals surface area contributed by atoms with Crippen molar-refractivity contribution in [2.24, 2.45) is 11.0 Å². The van der Waals surface area contributed by atoms with Crippen LogP contribution in [0.25, 0.3) is 27.4 Å². The van der Waals surface area contributed by atoms with Gasteiger partial charge in [-0.15, -0.1) is 0 Å². The highest BCUT2D eigenvalue weighted by molar-refractivity contribution is 6.35. The van der Waals surface area contributed by atoms with E-state index in [1.54, 1.807) is 39.9 Å². The van der Waals surface area contributed by atoms with Crippen molar-refractivity contribution in [3.05, 3.63) is 79.2 Å². The molecule has 17 nitrogen and oxygen atoms in total. The summed E-state index contributed by atoms with van der Waals surface area (Å²) in [6, 6.07) is 12.4. The minimum Gasteiger partial charge on any atom is -0.379 e. The maximum Gasteiger partial charge on any atom is 0.274 e. The molecule has 1 aromatic heterocycles. The molecule has 336 valence electrons. The predicted molar refractivity (Wildman–Crippen MR) is 231 cm³/mol. The number of halogens is 3. The highest BCUT2D eigenvalue weighted by atomic mass is 35.5. The molecule has 0 radical (unpaired) electrons. The second-order valence-electron chi connectivity index (χ2n) is 13.6. The van der Waals surface area contributed by atoms with E-state index in [4.69, 9.17) is 83.3 Å². The number of nitrogens with one attached hydrogen (secondary N) is 1. The number of piperidine rings is 1. The first-order chi connectivity index (χ1) is 29.8. The molecule has 3 aromatic rings. The molecule has 1 N–H and O–H groups in total. The summed E-state index contributed by atoms with van der Waals surface area (Å²) in [6.45, 7) is 10.3. The van der Waals surface area contributed by atoms with Crippen LogP contribution in [0.5, 0.6) is 0 Å². The predicted octanol–water partition coefficient (Wildman–Crippen LogP) is 6.22. The van der Waals surface area contributed by atoms with E-state index in [-0.39, 0.29) is 30.0 Å². The Morgan fingerprint density at radius 1 is 0.754 bits per heavy atom. The monoisotopic (exact) mass is 911 g/mol. The Balaban J connectivity index is 1.00. The van der Waals surface area contributed by atoms with E-state index in [0.717, 1.165) is 5.56 Å². The van der Waals surface area contributed by atoms with E-state index in [9.17, 15) is 9.59 Å². The van der Waals surface area contributed by atoms with E-state index in [2.05, 4.69) is 15.3 Å². The zero-order chi connectivity index (χ0) is 43.5. The van der Waals surface area contributed by atoms with Crippen molar-refractivity contribution in [3.63, 3.8) is 0 Å². The van der Waals surface area contributed by atoms with Gasteiger partial charge >= 0.3 is 0 Å². The van der Waals surface area contributed by atoms with Gasteiger partial charge in [0.15, 0.2) is 5.69 Å². The molecular formula is C41H56Cl3N7O10. The zero-order valence-electron chi connectivity index (χ0n) is 34.6. The lowest BCUT2D eigenvalue weighted by molar-refractivity contribution is -0.126. The number of amides is 2. The van der Waals surface area contributed by atoms with Gasteiger partial charge in [0.2, 0.25) is 5.91 Å². The van der Waals surface area contributed by atoms with E-state index < -0.39 is 0 Å². The van der Waals surface area contributed by atoms with Crippen LogP contribution in [-0.4, -0.2) is 158 Å². The van der Waals surface area contributed by atoms with Crippen LogP contribution in [0, 0.1) is 12.8 Å². The number of azide groups is 1. The number of rotatable bonds is 31. The molecule has 0 bridgehead atoms. The van der Waals surface area contributed by atoms with Gasteiger partial charge in [0.25, 0.3) is 5.91 Å². The summed E-state index contributed by atoms with van der Waals surface area (Å²) in [6.07, 6.45) is 1.36. The Bertz CT molecular complexity index is 1800.